The molecule has 3 N–H and O–H groups in total. The summed E-state index contributed by atoms with van der Waals surface area (Å²) in [5.41, 5.74) is 7.45. The lowest BCUT2D eigenvalue weighted by molar-refractivity contribution is -0.121. The summed E-state index contributed by atoms with van der Waals surface area (Å²) in [4.78, 5) is 14.6. The largest absolute Gasteiger partial charge is 0.399 e. The molecule has 4 nitrogen and oxygen atoms in total. The zero-order valence-electron chi connectivity index (χ0n) is 12.6. The maximum Gasteiger partial charge on any atom is 0.241 e. The number of amides is 1. The number of likely N-dealkylation sites (tertiary alicyclic amines) is 1. The van der Waals surface area contributed by atoms with Gasteiger partial charge in [-0.15, -0.1) is 0 Å². The number of anilines is 2. The molecular formula is C16H25N3O. The average molecular weight is 275 g/mol. The van der Waals surface area contributed by atoms with Gasteiger partial charge in [-0.05, 0) is 49.9 Å². The predicted molar refractivity (Wildman–Crippen MR) is 83.5 cm³/mol. The number of nitrogen functional groups attached to an aromatic ring is 1. The first-order chi connectivity index (χ1) is 9.37. The van der Waals surface area contributed by atoms with Crippen molar-refractivity contribution in [1.82, 2.24) is 4.90 Å². The molecule has 1 amide bonds. The van der Waals surface area contributed by atoms with Crippen LogP contribution in [0.4, 0.5) is 11.4 Å². The number of hydrogen-bond acceptors (Lipinski definition) is 3. The Balaban J connectivity index is 1.98. The second-order valence-corrected chi connectivity index (χ2v) is 6.53. The van der Waals surface area contributed by atoms with Gasteiger partial charge in [0.2, 0.25) is 5.91 Å². The van der Waals surface area contributed by atoms with E-state index in [9.17, 15) is 4.79 Å². The molecule has 110 valence electrons. The monoisotopic (exact) mass is 275 g/mol. The van der Waals surface area contributed by atoms with Crippen LogP contribution in [-0.2, 0) is 4.79 Å². The van der Waals surface area contributed by atoms with Crippen LogP contribution in [0, 0.1) is 5.41 Å². The normalized spacial score (nSPS) is 20.4. The number of rotatable bonds is 3. The number of carbonyl (C=O) groups excluding carboxylic acids is 1. The van der Waals surface area contributed by atoms with E-state index in [1.807, 2.05) is 25.1 Å². The summed E-state index contributed by atoms with van der Waals surface area (Å²) in [6.07, 6.45) is 2.38. The Kier molecular flexibility index (Phi) is 4.33. The van der Waals surface area contributed by atoms with Crippen LogP contribution >= 0.6 is 0 Å². The Bertz CT molecular complexity index is 484. The molecule has 0 saturated carbocycles. The van der Waals surface area contributed by atoms with Crippen molar-refractivity contribution < 1.29 is 4.79 Å². The lowest BCUT2D eigenvalue weighted by Crippen LogP contribution is -2.49. The SMILES string of the molecule is CC(C(=O)Nc1cccc(N)c1)N1CCCC(C)(C)C1. The predicted octanol–water partition coefficient (Wildman–Crippen LogP) is 2.72. The highest BCUT2D eigenvalue weighted by Crippen LogP contribution is 2.29. The number of nitrogens with two attached hydrogens (primary N) is 1. The molecule has 1 atom stereocenters. The minimum absolute atomic E-state index is 0.0355. The Morgan fingerprint density at radius 1 is 1.45 bits per heavy atom. The maximum absolute atomic E-state index is 12.3. The van der Waals surface area contributed by atoms with Crippen LogP contribution in [0.1, 0.15) is 33.6 Å². The lowest BCUT2D eigenvalue weighted by Gasteiger charge is -2.40. The molecule has 2 rings (SSSR count). The molecule has 0 aromatic heterocycles. The number of benzene rings is 1. The third kappa shape index (κ3) is 3.73. The Morgan fingerprint density at radius 2 is 2.20 bits per heavy atom. The lowest BCUT2D eigenvalue weighted by atomic mass is 9.83. The molecule has 0 radical (unpaired) electrons. The fourth-order valence-corrected chi connectivity index (χ4v) is 2.83. The van der Waals surface area contributed by atoms with E-state index in [0.717, 1.165) is 25.2 Å². The molecule has 20 heavy (non-hydrogen) atoms. The van der Waals surface area contributed by atoms with E-state index in [2.05, 4.69) is 24.1 Å². The van der Waals surface area contributed by atoms with Gasteiger partial charge in [0.15, 0.2) is 0 Å². The molecule has 1 fully saturated rings. The van der Waals surface area contributed by atoms with Crippen LogP contribution < -0.4 is 11.1 Å². The first kappa shape index (κ1) is 14.9. The summed E-state index contributed by atoms with van der Waals surface area (Å²) in [6, 6.07) is 7.19. The molecule has 1 saturated heterocycles. The standard InChI is InChI=1S/C16H25N3O/c1-12(19-9-5-8-16(2,3)11-19)15(20)18-14-7-4-6-13(17)10-14/h4,6-7,10,12H,5,8-9,11,17H2,1-3H3,(H,18,20). The van der Waals surface area contributed by atoms with Crippen molar-refractivity contribution in [1.29, 1.82) is 0 Å². The van der Waals surface area contributed by atoms with Crippen molar-refractivity contribution in [3.63, 3.8) is 0 Å². The molecule has 0 aliphatic carbocycles. The van der Waals surface area contributed by atoms with Gasteiger partial charge >= 0.3 is 0 Å². The zero-order chi connectivity index (χ0) is 14.8. The van der Waals surface area contributed by atoms with Gasteiger partial charge in [0, 0.05) is 17.9 Å². The number of piperidine rings is 1. The Morgan fingerprint density at radius 3 is 2.85 bits per heavy atom. The van der Waals surface area contributed by atoms with Crippen LogP contribution in [0.5, 0.6) is 0 Å². The smallest absolute Gasteiger partial charge is 0.241 e. The zero-order valence-corrected chi connectivity index (χ0v) is 12.6. The van der Waals surface area contributed by atoms with Crippen molar-refractivity contribution >= 4 is 17.3 Å². The fourth-order valence-electron chi connectivity index (χ4n) is 2.83. The molecular weight excluding hydrogens is 250 g/mol. The molecule has 1 aliphatic rings. The van der Waals surface area contributed by atoms with Crippen LogP contribution in [0.15, 0.2) is 24.3 Å². The van der Waals surface area contributed by atoms with Gasteiger partial charge in [-0.3, -0.25) is 9.69 Å². The number of hydrogen-bond donors (Lipinski definition) is 2. The van der Waals surface area contributed by atoms with Crippen LogP contribution in [-0.4, -0.2) is 29.9 Å². The summed E-state index contributed by atoms with van der Waals surface area (Å²) in [5, 5.41) is 2.95. The van der Waals surface area contributed by atoms with Crippen molar-refractivity contribution in [2.45, 2.75) is 39.7 Å². The molecule has 1 aliphatic heterocycles. The second kappa shape index (κ2) is 5.83. The van der Waals surface area contributed by atoms with Crippen LogP contribution in [0.2, 0.25) is 0 Å². The number of nitrogens with one attached hydrogen (secondary N) is 1. The molecule has 1 heterocycles. The van der Waals surface area contributed by atoms with E-state index in [4.69, 9.17) is 5.73 Å². The molecule has 1 unspecified atom stereocenters. The van der Waals surface area contributed by atoms with Gasteiger partial charge < -0.3 is 11.1 Å². The topological polar surface area (TPSA) is 58.4 Å². The summed E-state index contributed by atoms with van der Waals surface area (Å²) in [7, 11) is 0. The van der Waals surface area contributed by atoms with E-state index >= 15 is 0 Å². The van der Waals surface area contributed by atoms with E-state index < -0.39 is 0 Å². The minimum Gasteiger partial charge on any atom is -0.399 e. The molecule has 1 aromatic rings. The van der Waals surface area contributed by atoms with Crippen LogP contribution in [0.25, 0.3) is 0 Å². The third-order valence-electron chi connectivity index (χ3n) is 4.01. The summed E-state index contributed by atoms with van der Waals surface area (Å²) in [6.45, 7) is 8.47. The molecule has 0 bridgehead atoms. The highest BCUT2D eigenvalue weighted by Gasteiger charge is 2.31. The van der Waals surface area contributed by atoms with Crippen molar-refractivity contribution in [2.75, 3.05) is 24.1 Å². The molecule has 4 heteroatoms. The first-order valence-electron chi connectivity index (χ1n) is 7.28. The Hall–Kier alpha value is -1.55. The summed E-state index contributed by atoms with van der Waals surface area (Å²) >= 11 is 0. The van der Waals surface area contributed by atoms with Gasteiger partial charge in [-0.1, -0.05) is 19.9 Å². The molecule has 1 aromatic carbocycles. The van der Waals surface area contributed by atoms with E-state index in [1.165, 1.54) is 6.42 Å². The quantitative estimate of drug-likeness (QED) is 0.834. The van der Waals surface area contributed by atoms with Gasteiger partial charge in [0.1, 0.15) is 0 Å². The maximum atomic E-state index is 12.3. The van der Waals surface area contributed by atoms with Gasteiger partial charge in [0.25, 0.3) is 0 Å². The van der Waals surface area contributed by atoms with Crippen LogP contribution in [0.3, 0.4) is 0 Å². The second-order valence-electron chi connectivity index (χ2n) is 6.53. The number of nitrogens with zero attached hydrogens (tertiary/aromatic N) is 1. The highest BCUT2D eigenvalue weighted by molar-refractivity contribution is 5.94. The highest BCUT2D eigenvalue weighted by atomic mass is 16.2. The van der Waals surface area contributed by atoms with E-state index in [1.54, 1.807) is 6.07 Å². The van der Waals surface area contributed by atoms with Gasteiger partial charge in [0.05, 0.1) is 6.04 Å². The van der Waals surface area contributed by atoms with E-state index in [0.29, 0.717) is 11.1 Å². The van der Waals surface area contributed by atoms with Crippen molar-refractivity contribution in [2.24, 2.45) is 5.41 Å². The minimum atomic E-state index is -0.115. The van der Waals surface area contributed by atoms with Gasteiger partial charge in [-0.2, -0.15) is 0 Å². The Labute approximate surface area is 121 Å². The first-order valence-corrected chi connectivity index (χ1v) is 7.28. The van der Waals surface area contributed by atoms with E-state index in [-0.39, 0.29) is 11.9 Å². The number of carbonyl (C=O) groups is 1. The van der Waals surface area contributed by atoms with Crippen molar-refractivity contribution in [3.05, 3.63) is 24.3 Å². The fraction of sp³-hybridized carbons (Fsp3) is 0.562. The summed E-state index contributed by atoms with van der Waals surface area (Å²) in [5.74, 6) is 0.0355. The average Bonchev–Trinajstić information content (AvgIpc) is 2.36. The van der Waals surface area contributed by atoms with Gasteiger partial charge in [-0.25, -0.2) is 0 Å². The molecule has 0 spiro atoms. The third-order valence-corrected chi connectivity index (χ3v) is 4.01. The summed E-state index contributed by atoms with van der Waals surface area (Å²) < 4.78 is 0. The van der Waals surface area contributed by atoms with Crippen molar-refractivity contribution in [3.8, 4) is 0 Å².